The van der Waals surface area contributed by atoms with Gasteiger partial charge < -0.3 is 0 Å². The van der Waals surface area contributed by atoms with Crippen LogP contribution in [0.4, 0.5) is 4.39 Å². The van der Waals surface area contributed by atoms with Crippen LogP contribution in [0.3, 0.4) is 0 Å². The highest BCUT2D eigenvalue weighted by atomic mass is 19.1. The lowest BCUT2D eigenvalue weighted by molar-refractivity contribution is 0.628. The number of rotatable bonds is 1. The maximum Gasteiger partial charge on any atom is 0.123 e. The molecule has 13 heavy (non-hydrogen) atoms. The van der Waals surface area contributed by atoms with Gasteiger partial charge in [-0.3, -0.25) is 4.99 Å². The van der Waals surface area contributed by atoms with Crippen molar-refractivity contribution in [2.24, 2.45) is 4.99 Å². The Morgan fingerprint density at radius 1 is 1.31 bits per heavy atom. The lowest BCUT2D eigenvalue weighted by Gasteiger charge is -1.98. The molecule has 1 unspecified atom stereocenters. The van der Waals surface area contributed by atoms with Gasteiger partial charge in [0, 0.05) is 11.8 Å². The van der Waals surface area contributed by atoms with Gasteiger partial charge >= 0.3 is 0 Å². The maximum absolute atomic E-state index is 12.6. The zero-order chi connectivity index (χ0) is 9.26. The van der Waals surface area contributed by atoms with E-state index in [-0.39, 0.29) is 5.82 Å². The van der Waals surface area contributed by atoms with Crippen LogP contribution in [0.5, 0.6) is 0 Å². The zero-order valence-electron chi connectivity index (χ0n) is 7.63. The number of hydrogen-bond donors (Lipinski definition) is 0. The van der Waals surface area contributed by atoms with Crippen molar-refractivity contribution in [2.75, 3.05) is 0 Å². The van der Waals surface area contributed by atoms with Crippen molar-refractivity contribution in [3.8, 4) is 0 Å². The molecule has 2 rings (SSSR count). The third kappa shape index (κ3) is 1.77. The molecule has 0 bridgehead atoms. The molecule has 0 N–H and O–H groups in total. The SMILES string of the molecule is CC1CCC(c2ccc(F)cc2)=N1. The van der Waals surface area contributed by atoms with E-state index < -0.39 is 0 Å². The van der Waals surface area contributed by atoms with Crippen molar-refractivity contribution in [3.63, 3.8) is 0 Å². The zero-order valence-corrected chi connectivity index (χ0v) is 7.63. The highest BCUT2D eigenvalue weighted by molar-refractivity contribution is 6.01. The van der Waals surface area contributed by atoms with Gasteiger partial charge in [0.05, 0.1) is 0 Å². The molecule has 1 aromatic rings. The Balaban J connectivity index is 2.26. The summed E-state index contributed by atoms with van der Waals surface area (Å²) < 4.78 is 12.6. The molecule has 1 aliphatic heterocycles. The van der Waals surface area contributed by atoms with E-state index in [1.165, 1.54) is 12.1 Å². The Kier molecular flexibility index (Phi) is 2.13. The van der Waals surface area contributed by atoms with Gasteiger partial charge in [0.25, 0.3) is 0 Å². The molecule has 1 aliphatic rings. The summed E-state index contributed by atoms with van der Waals surface area (Å²) in [6, 6.07) is 7.00. The summed E-state index contributed by atoms with van der Waals surface area (Å²) in [7, 11) is 0. The van der Waals surface area contributed by atoms with Crippen LogP contribution >= 0.6 is 0 Å². The van der Waals surface area contributed by atoms with E-state index in [4.69, 9.17) is 0 Å². The van der Waals surface area contributed by atoms with Crippen molar-refractivity contribution in [1.82, 2.24) is 0 Å². The first kappa shape index (κ1) is 8.42. The number of aliphatic imine (C=N–C) groups is 1. The second-order valence-corrected chi connectivity index (χ2v) is 3.47. The fraction of sp³-hybridized carbons (Fsp3) is 0.364. The molecule has 0 spiro atoms. The highest BCUT2D eigenvalue weighted by Gasteiger charge is 2.14. The summed E-state index contributed by atoms with van der Waals surface area (Å²) in [4.78, 5) is 4.48. The van der Waals surface area contributed by atoms with E-state index in [1.54, 1.807) is 12.1 Å². The lowest BCUT2D eigenvalue weighted by atomic mass is 10.1. The number of halogens is 1. The summed E-state index contributed by atoms with van der Waals surface area (Å²) >= 11 is 0. The topological polar surface area (TPSA) is 12.4 Å². The van der Waals surface area contributed by atoms with Crippen LogP contribution in [0.1, 0.15) is 25.3 Å². The summed E-state index contributed by atoms with van der Waals surface area (Å²) in [5.41, 5.74) is 2.18. The van der Waals surface area contributed by atoms with Gasteiger partial charge in [-0.15, -0.1) is 0 Å². The van der Waals surface area contributed by atoms with Crippen LogP contribution in [-0.4, -0.2) is 11.8 Å². The number of hydrogen-bond acceptors (Lipinski definition) is 1. The van der Waals surface area contributed by atoms with E-state index in [2.05, 4.69) is 11.9 Å². The van der Waals surface area contributed by atoms with E-state index in [0.717, 1.165) is 24.1 Å². The Morgan fingerprint density at radius 2 is 2.00 bits per heavy atom. The lowest BCUT2D eigenvalue weighted by Crippen LogP contribution is -1.95. The van der Waals surface area contributed by atoms with E-state index in [9.17, 15) is 4.39 Å². The van der Waals surface area contributed by atoms with Gasteiger partial charge in [0.15, 0.2) is 0 Å². The first-order chi connectivity index (χ1) is 6.25. The number of benzene rings is 1. The third-order valence-electron chi connectivity index (χ3n) is 2.35. The van der Waals surface area contributed by atoms with Crippen LogP contribution in [0.15, 0.2) is 29.3 Å². The normalized spacial score (nSPS) is 21.7. The molecule has 0 amide bonds. The van der Waals surface area contributed by atoms with Crippen molar-refractivity contribution >= 4 is 5.71 Å². The first-order valence-corrected chi connectivity index (χ1v) is 4.58. The summed E-state index contributed by atoms with van der Waals surface area (Å²) in [6.07, 6.45) is 2.14. The Hall–Kier alpha value is -1.18. The smallest absolute Gasteiger partial charge is 0.123 e. The van der Waals surface area contributed by atoms with Gasteiger partial charge in [-0.25, -0.2) is 4.39 Å². The second-order valence-electron chi connectivity index (χ2n) is 3.47. The van der Waals surface area contributed by atoms with Crippen molar-refractivity contribution < 1.29 is 4.39 Å². The minimum absolute atomic E-state index is 0.185. The van der Waals surface area contributed by atoms with Crippen LogP contribution in [0.2, 0.25) is 0 Å². The third-order valence-corrected chi connectivity index (χ3v) is 2.35. The molecule has 2 heteroatoms. The molecule has 0 saturated heterocycles. The van der Waals surface area contributed by atoms with E-state index in [1.807, 2.05) is 0 Å². The van der Waals surface area contributed by atoms with E-state index >= 15 is 0 Å². The second kappa shape index (κ2) is 3.29. The largest absolute Gasteiger partial charge is 0.286 e. The van der Waals surface area contributed by atoms with Gasteiger partial charge in [-0.05, 0) is 37.5 Å². The minimum atomic E-state index is -0.185. The Bertz CT molecular complexity index is 326. The van der Waals surface area contributed by atoms with Crippen molar-refractivity contribution in [3.05, 3.63) is 35.6 Å². The van der Waals surface area contributed by atoms with Crippen molar-refractivity contribution in [1.29, 1.82) is 0 Å². The van der Waals surface area contributed by atoms with Crippen LogP contribution in [-0.2, 0) is 0 Å². The fourth-order valence-corrected chi connectivity index (χ4v) is 1.60. The molecule has 1 aromatic carbocycles. The molecule has 0 radical (unpaired) electrons. The van der Waals surface area contributed by atoms with Gasteiger partial charge in [0.1, 0.15) is 5.82 Å². The molecule has 1 heterocycles. The Morgan fingerprint density at radius 3 is 2.54 bits per heavy atom. The average molecular weight is 177 g/mol. The predicted molar refractivity (Wildman–Crippen MR) is 51.6 cm³/mol. The molecule has 0 fully saturated rings. The number of nitrogens with zero attached hydrogens (tertiary/aromatic N) is 1. The quantitative estimate of drug-likeness (QED) is 0.625. The predicted octanol–water partition coefficient (Wildman–Crippen LogP) is 2.80. The fourth-order valence-electron chi connectivity index (χ4n) is 1.60. The van der Waals surface area contributed by atoms with Gasteiger partial charge in [-0.1, -0.05) is 12.1 Å². The van der Waals surface area contributed by atoms with Crippen molar-refractivity contribution in [2.45, 2.75) is 25.8 Å². The first-order valence-electron chi connectivity index (χ1n) is 4.58. The van der Waals surface area contributed by atoms with Crippen LogP contribution in [0.25, 0.3) is 0 Å². The summed E-state index contributed by atoms with van der Waals surface area (Å²) in [6.45, 7) is 2.11. The van der Waals surface area contributed by atoms with Crippen LogP contribution in [0, 0.1) is 5.82 Å². The molecular formula is C11H12FN. The summed E-state index contributed by atoms with van der Waals surface area (Å²) in [5.74, 6) is -0.185. The molecule has 1 nitrogen and oxygen atoms in total. The molecule has 1 atom stereocenters. The highest BCUT2D eigenvalue weighted by Crippen LogP contribution is 2.18. The molecule has 0 aliphatic carbocycles. The maximum atomic E-state index is 12.6. The standard InChI is InChI=1S/C11H12FN/c1-8-2-7-11(13-8)9-3-5-10(12)6-4-9/h3-6,8H,2,7H2,1H3. The Labute approximate surface area is 77.3 Å². The van der Waals surface area contributed by atoms with Gasteiger partial charge in [-0.2, -0.15) is 0 Å². The molecule has 68 valence electrons. The van der Waals surface area contributed by atoms with Crippen LogP contribution < -0.4 is 0 Å². The average Bonchev–Trinajstić information content (AvgIpc) is 2.53. The molecule has 0 saturated carbocycles. The monoisotopic (exact) mass is 177 g/mol. The minimum Gasteiger partial charge on any atom is -0.286 e. The molecular weight excluding hydrogens is 165 g/mol. The van der Waals surface area contributed by atoms with Gasteiger partial charge in [0.2, 0.25) is 0 Å². The summed E-state index contributed by atoms with van der Waals surface area (Å²) in [5, 5.41) is 0. The molecule has 0 aromatic heterocycles. The van der Waals surface area contributed by atoms with E-state index in [0.29, 0.717) is 6.04 Å².